The van der Waals surface area contributed by atoms with E-state index < -0.39 is 18.6 Å². The smallest absolute Gasteiger partial charge is 0.396 e. The molecule has 0 saturated carbocycles. The third-order valence-electron chi connectivity index (χ3n) is 2.03. The van der Waals surface area contributed by atoms with Crippen LogP contribution in [0.3, 0.4) is 0 Å². The number of rotatable bonds is 9. The van der Waals surface area contributed by atoms with Gasteiger partial charge in [-0.2, -0.15) is 13.2 Å². The fraction of sp³-hybridized carbons (Fsp3) is 0.900. The summed E-state index contributed by atoms with van der Waals surface area (Å²) in [5.74, 6) is -0.655. The standard InChI is InChI=1S/C10H19F3N2O2/c11-10(12,13)8-15-9(17)7-14-5-3-1-2-4-6-16/h14,16H,1-8H2,(H,15,17). The molecule has 4 nitrogen and oxygen atoms in total. The van der Waals surface area contributed by atoms with Gasteiger partial charge in [-0.05, 0) is 19.4 Å². The Bertz CT molecular complexity index is 210. The van der Waals surface area contributed by atoms with Crippen LogP contribution in [0, 0.1) is 0 Å². The molecule has 0 saturated heterocycles. The highest BCUT2D eigenvalue weighted by Crippen LogP contribution is 2.11. The first-order valence-electron chi connectivity index (χ1n) is 5.61. The number of aliphatic hydroxyl groups is 1. The van der Waals surface area contributed by atoms with Gasteiger partial charge in [-0.1, -0.05) is 12.8 Å². The van der Waals surface area contributed by atoms with Crippen LogP contribution in [0.5, 0.6) is 0 Å². The highest BCUT2D eigenvalue weighted by Gasteiger charge is 2.27. The van der Waals surface area contributed by atoms with Crippen molar-refractivity contribution in [2.45, 2.75) is 31.9 Å². The predicted octanol–water partition coefficient (Wildman–Crippen LogP) is 0.807. The Labute approximate surface area is 98.6 Å². The van der Waals surface area contributed by atoms with E-state index in [1.54, 1.807) is 5.32 Å². The molecule has 0 aromatic heterocycles. The third kappa shape index (κ3) is 13.1. The summed E-state index contributed by atoms with van der Waals surface area (Å²) in [4.78, 5) is 10.9. The van der Waals surface area contributed by atoms with E-state index in [4.69, 9.17) is 5.11 Å². The summed E-state index contributed by atoms with van der Waals surface area (Å²) in [6, 6.07) is 0. The third-order valence-corrected chi connectivity index (χ3v) is 2.03. The van der Waals surface area contributed by atoms with E-state index in [9.17, 15) is 18.0 Å². The summed E-state index contributed by atoms with van der Waals surface area (Å²) < 4.78 is 35.2. The molecule has 0 atom stereocenters. The second-order valence-corrected chi connectivity index (χ2v) is 3.71. The van der Waals surface area contributed by atoms with E-state index in [1.165, 1.54) is 0 Å². The second kappa shape index (κ2) is 9.23. The predicted molar refractivity (Wildman–Crippen MR) is 57.5 cm³/mol. The fourth-order valence-electron chi connectivity index (χ4n) is 1.18. The summed E-state index contributed by atoms with van der Waals surface area (Å²) in [6.45, 7) is -0.627. The molecule has 0 aliphatic rings. The molecule has 0 aromatic carbocycles. The van der Waals surface area contributed by atoms with Crippen LogP contribution in [0.25, 0.3) is 0 Å². The topological polar surface area (TPSA) is 61.4 Å². The lowest BCUT2D eigenvalue weighted by atomic mass is 10.2. The lowest BCUT2D eigenvalue weighted by Gasteiger charge is -2.08. The lowest BCUT2D eigenvalue weighted by Crippen LogP contribution is -2.39. The number of nitrogens with one attached hydrogen (secondary N) is 2. The Morgan fingerprint density at radius 3 is 2.35 bits per heavy atom. The minimum absolute atomic E-state index is 0.101. The molecule has 1 amide bonds. The van der Waals surface area contributed by atoms with Crippen molar-refractivity contribution in [2.24, 2.45) is 0 Å². The van der Waals surface area contributed by atoms with E-state index in [1.807, 2.05) is 0 Å². The Hall–Kier alpha value is -0.820. The van der Waals surface area contributed by atoms with E-state index in [0.717, 1.165) is 25.7 Å². The van der Waals surface area contributed by atoms with Crippen LogP contribution in [-0.4, -0.2) is 43.4 Å². The summed E-state index contributed by atoms with van der Waals surface area (Å²) in [7, 11) is 0. The average molecular weight is 256 g/mol. The van der Waals surface area contributed by atoms with Crippen molar-refractivity contribution in [3.05, 3.63) is 0 Å². The van der Waals surface area contributed by atoms with E-state index >= 15 is 0 Å². The van der Waals surface area contributed by atoms with E-state index in [0.29, 0.717) is 6.54 Å². The van der Waals surface area contributed by atoms with Crippen LogP contribution < -0.4 is 10.6 Å². The van der Waals surface area contributed by atoms with Gasteiger partial charge in [-0.3, -0.25) is 4.79 Å². The van der Waals surface area contributed by atoms with Gasteiger partial charge >= 0.3 is 6.18 Å². The molecule has 0 aliphatic heterocycles. The first-order chi connectivity index (χ1) is 7.95. The van der Waals surface area contributed by atoms with Gasteiger partial charge < -0.3 is 15.7 Å². The van der Waals surface area contributed by atoms with Crippen molar-refractivity contribution >= 4 is 5.91 Å². The molecule has 0 heterocycles. The van der Waals surface area contributed by atoms with Gasteiger partial charge in [0.1, 0.15) is 6.54 Å². The number of hydrogen-bond acceptors (Lipinski definition) is 3. The quantitative estimate of drug-likeness (QED) is 0.535. The van der Waals surface area contributed by atoms with Crippen LogP contribution in [-0.2, 0) is 4.79 Å². The van der Waals surface area contributed by atoms with Crippen molar-refractivity contribution in [1.82, 2.24) is 10.6 Å². The molecule has 0 spiro atoms. The van der Waals surface area contributed by atoms with Gasteiger partial charge in [0.25, 0.3) is 0 Å². The van der Waals surface area contributed by atoms with Crippen LogP contribution in [0.4, 0.5) is 13.2 Å². The molecule has 0 radical (unpaired) electrons. The first kappa shape index (κ1) is 16.2. The number of carbonyl (C=O) groups excluding carboxylic acids is 1. The van der Waals surface area contributed by atoms with Crippen LogP contribution in [0.15, 0.2) is 0 Å². The van der Waals surface area contributed by atoms with Gasteiger partial charge in [0, 0.05) is 6.61 Å². The molecule has 3 N–H and O–H groups in total. The number of unbranched alkanes of at least 4 members (excludes halogenated alkanes) is 3. The highest BCUT2D eigenvalue weighted by molar-refractivity contribution is 5.77. The maximum absolute atomic E-state index is 11.7. The van der Waals surface area contributed by atoms with Crippen molar-refractivity contribution < 1.29 is 23.1 Å². The van der Waals surface area contributed by atoms with Crippen molar-refractivity contribution in [3.63, 3.8) is 0 Å². The molecule has 0 unspecified atom stereocenters. The first-order valence-corrected chi connectivity index (χ1v) is 5.61. The highest BCUT2D eigenvalue weighted by atomic mass is 19.4. The summed E-state index contributed by atoms with van der Waals surface area (Å²) >= 11 is 0. The minimum atomic E-state index is -4.36. The summed E-state index contributed by atoms with van der Waals surface area (Å²) in [5, 5.41) is 13.0. The van der Waals surface area contributed by atoms with Crippen molar-refractivity contribution in [2.75, 3.05) is 26.2 Å². The Morgan fingerprint density at radius 2 is 1.76 bits per heavy atom. The minimum Gasteiger partial charge on any atom is -0.396 e. The molecule has 102 valence electrons. The Balaban J connectivity index is 3.28. The maximum atomic E-state index is 11.7. The number of alkyl halides is 3. The number of carbonyl (C=O) groups is 1. The van der Waals surface area contributed by atoms with Gasteiger partial charge in [0.15, 0.2) is 0 Å². The fourth-order valence-corrected chi connectivity index (χ4v) is 1.18. The molecule has 7 heteroatoms. The van der Waals surface area contributed by atoms with Crippen molar-refractivity contribution in [1.29, 1.82) is 0 Å². The van der Waals surface area contributed by atoms with Gasteiger partial charge in [0.05, 0.1) is 6.54 Å². The van der Waals surface area contributed by atoms with E-state index in [2.05, 4.69) is 5.32 Å². The Kier molecular flexibility index (Phi) is 8.79. The van der Waals surface area contributed by atoms with Gasteiger partial charge in [0.2, 0.25) is 5.91 Å². The number of aliphatic hydroxyl groups excluding tert-OH is 1. The molecule has 0 rings (SSSR count). The van der Waals surface area contributed by atoms with Crippen LogP contribution in [0.1, 0.15) is 25.7 Å². The average Bonchev–Trinajstić information content (AvgIpc) is 2.24. The summed E-state index contributed by atoms with van der Waals surface area (Å²) in [6.07, 6.45) is -0.922. The second-order valence-electron chi connectivity index (χ2n) is 3.71. The monoisotopic (exact) mass is 256 g/mol. The molecular weight excluding hydrogens is 237 g/mol. The Morgan fingerprint density at radius 1 is 1.12 bits per heavy atom. The molecule has 0 aliphatic carbocycles. The lowest BCUT2D eigenvalue weighted by molar-refractivity contribution is -0.137. The molecular formula is C10H19F3N2O2. The normalized spacial score (nSPS) is 11.5. The number of halogens is 3. The zero-order valence-electron chi connectivity index (χ0n) is 9.65. The number of hydrogen-bond donors (Lipinski definition) is 3. The largest absolute Gasteiger partial charge is 0.405 e. The molecule has 0 fully saturated rings. The molecule has 0 aromatic rings. The zero-order chi connectivity index (χ0) is 13.1. The van der Waals surface area contributed by atoms with Crippen LogP contribution in [0.2, 0.25) is 0 Å². The van der Waals surface area contributed by atoms with Crippen molar-refractivity contribution in [3.8, 4) is 0 Å². The number of amides is 1. The van der Waals surface area contributed by atoms with Gasteiger partial charge in [-0.25, -0.2) is 0 Å². The molecule has 0 bridgehead atoms. The molecule has 17 heavy (non-hydrogen) atoms. The summed E-state index contributed by atoms with van der Waals surface area (Å²) in [5.41, 5.74) is 0. The maximum Gasteiger partial charge on any atom is 0.405 e. The van der Waals surface area contributed by atoms with Gasteiger partial charge in [-0.15, -0.1) is 0 Å². The van der Waals surface area contributed by atoms with E-state index in [-0.39, 0.29) is 13.2 Å². The van der Waals surface area contributed by atoms with Crippen LogP contribution >= 0.6 is 0 Å². The SMILES string of the molecule is O=C(CNCCCCCCO)NCC(F)(F)F. The zero-order valence-corrected chi connectivity index (χ0v) is 9.65.